The molecule has 1 heterocycles. The molecule has 34 heavy (non-hydrogen) atoms. The van der Waals surface area contributed by atoms with Gasteiger partial charge in [-0.15, -0.1) is 0 Å². The molecule has 1 atom stereocenters. The molecule has 0 radical (unpaired) electrons. The second kappa shape index (κ2) is 10.8. The van der Waals surface area contributed by atoms with E-state index in [9.17, 15) is 13.4 Å². The van der Waals surface area contributed by atoms with Crippen molar-refractivity contribution < 1.29 is 18.1 Å². The predicted molar refractivity (Wildman–Crippen MR) is 135 cm³/mol. The van der Waals surface area contributed by atoms with Crippen molar-refractivity contribution in [3.05, 3.63) is 52.9 Å². The predicted octanol–water partition coefficient (Wildman–Crippen LogP) is 6.57. The highest BCUT2D eigenvalue weighted by Crippen LogP contribution is 2.37. The molecule has 180 valence electrons. The summed E-state index contributed by atoms with van der Waals surface area (Å²) in [6.07, 6.45) is 5.14. The second-order valence-electron chi connectivity index (χ2n) is 8.20. The second-order valence-corrected chi connectivity index (χ2v) is 10.8. The average Bonchev–Trinajstić information content (AvgIpc) is 3.44. The Morgan fingerprint density at radius 3 is 2.74 bits per heavy atom. The third kappa shape index (κ3) is 5.76. The van der Waals surface area contributed by atoms with Gasteiger partial charge in [0.1, 0.15) is 16.5 Å². The lowest BCUT2D eigenvalue weighted by atomic mass is 10.0. The summed E-state index contributed by atoms with van der Waals surface area (Å²) in [5.41, 5.74) is 1.90. The van der Waals surface area contributed by atoms with Crippen molar-refractivity contribution in [3.8, 4) is 16.2 Å². The zero-order chi connectivity index (χ0) is 24.2. The van der Waals surface area contributed by atoms with Crippen molar-refractivity contribution in [2.45, 2.75) is 43.9 Å². The summed E-state index contributed by atoms with van der Waals surface area (Å²) in [6.45, 7) is 1.87. The number of amides is 1. The molecule has 1 aliphatic rings. The minimum absolute atomic E-state index is 0.0101. The molecule has 1 unspecified atom stereocenters. The fourth-order valence-electron chi connectivity index (χ4n) is 4.05. The first-order valence-electron chi connectivity index (χ1n) is 10.9. The van der Waals surface area contributed by atoms with E-state index in [-0.39, 0.29) is 10.9 Å². The Balaban J connectivity index is 1.55. The minimum atomic E-state index is -1.73. The van der Waals surface area contributed by atoms with Gasteiger partial charge in [0.25, 0.3) is 0 Å². The van der Waals surface area contributed by atoms with Crippen molar-refractivity contribution in [1.29, 1.82) is 0 Å². The standard InChI is InChI=1S/C24H25ClFN3O3S2/c1-14-23(33-24(27-14)28-22(30)11-15-5-3-4-6-15)16-7-10-20(32-2)21(12-16)34(31)29-19-9-8-17(26)13-18(19)25/h7-10,12-13,15,29H,3-6,11H2,1-2H3,(H,27,28,30). The molecular weight excluding hydrogens is 497 g/mol. The van der Waals surface area contributed by atoms with Gasteiger partial charge < -0.3 is 10.1 Å². The van der Waals surface area contributed by atoms with Crippen LogP contribution in [0.4, 0.5) is 15.2 Å². The van der Waals surface area contributed by atoms with Gasteiger partial charge in [0.05, 0.1) is 28.4 Å². The molecule has 0 saturated heterocycles. The van der Waals surface area contributed by atoms with Crippen LogP contribution in [0.2, 0.25) is 5.02 Å². The van der Waals surface area contributed by atoms with Crippen molar-refractivity contribution in [2.75, 3.05) is 17.1 Å². The number of carbonyl (C=O) groups is 1. The Kier molecular flexibility index (Phi) is 7.85. The summed E-state index contributed by atoms with van der Waals surface area (Å²) in [6, 6.07) is 9.16. The molecule has 2 N–H and O–H groups in total. The van der Waals surface area contributed by atoms with E-state index >= 15 is 0 Å². The Morgan fingerprint density at radius 2 is 2.03 bits per heavy atom. The fraction of sp³-hybridized carbons (Fsp3) is 0.333. The lowest BCUT2D eigenvalue weighted by Gasteiger charge is -2.12. The summed E-state index contributed by atoms with van der Waals surface area (Å²) in [5.74, 6) is 0.402. The molecule has 1 fully saturated rings. The topological polar surface area (TPSA) is 80.3 Å². The number of benzene rings is 2. The largest absolute Gasteiger partial charge is 0.495 e. The van der Waals surface area contributed by atoms with E-state index in [2.05, 4.69) is 15.0 Å². The minimum Gasteiger partial charge on any atom is -0.495 e. The molecule has 1 aromatic heterocycles. The first-order valence-corrected chi connectivity index (χ1v) is 13.3. The van der Waals surface area contributed by atoms with E-state index in [0.717, 1.165) is 35.0 Å². The average molecular weight is 522 g/mol. The molecule has 4 rings (SSSR count). The van der Waals surface area contributed by atoms with E-state index < -0.39 is 16.8 Å². The van der Waals surface area contributed by atoms with Gasteiger partial charge >= 0.3 is 0 Å². The van der Waals surface area contributed by atoms with Crippen LogP contribution in [-0.2, 0) is 15.8 Å². The number of nitrogens with zero attached hydrogens (tertiary/aromatic N) is 1. The summed E-state index contributed by atoms with van der Waals surface area (Å²) < 4.78 is 34.7. The number of aryl methyl sites for hydroxylation is 1. The highest BCUT2D eigenvalue weighted by atomic mass is 35.5. The van der Waals surface area contributed by atoms with Crippen LogP contribution >= 0.6 is 22.9 Å². The van der Waals surface area contributed by atoms with Crippen LogP contribution in [0, 0.1) is 18.7 Å². The highest BCUT2D eigenvalue weighted by Gasteiger charge is 2.21. The van der Waals surface area contributed by atoms with Crippen LogP contribution in [0.3, 0.4) is 0 Å². The number of aromatic nitrogens is 1. The number of ether oxygens (including phenoxy) is 1. The molecule has 10 heteroatoms. The lowest BCUT2D eigenvalue weighted by Crippen LogP contribution is -2.14. The molecule has 1 aliphatic carbocycles. The number of rotatable bonds is 8. The number of thiazole rings is 1. The zero-order valence-electron chi connectivity index (χ0n) is 18.8. The van der Waals surface area contributed by atoms with Crippen molar-refractivity contribution in [1.82, 2.24) is 4.98 Å². The molecule has 1 amide bonds. The quantitative estimate of drug-likeness (QED) is 0.351. The van der Waals surface area contributed by atoms with E-state index in [0.29, 0.717) is 33.8 Å². The van der Waals surface area contributed by atoms with Gasteiger partial charge in [-0.2, -0.15) is 0 Å². The van der Waals surface area contributed by atoms with Crippen molar-refractivity contribution in [2.24, 2.45) is 5.92 Å². The summed E-state index contributed by atoms with van der Waals surface area (Å²) in [7, 11) is -0.230. The molecule has 0 bridgehead atoms. The van der Waals surface area contributed by atoms with Gasteiger partial charge in [0, 0.05) is 6.42 Å². The number of halogens is 2. The van der Waals surface area contributed by atoms with Crippen LogP contribution < -0.4 is 14.8 Å². The van der Waals surface area contributed by atoms with Gasteiger partial charge in [-0.05, 0) is 67.6 Å². The van der Waals surface area contributed by atoms with Crippen LogP contribution in [0.15, 0.2) is 41.3 Å². The van der Waals surface area contributed by atoms with Crippen LogP contribution in [0.5, 0.6) is 5.75 Å². The Morgan fingerprint density at radius 1 is 1.26 bits per heavy atom. The highest BCUT2D eigenvalue weighted by molar-refractivity contribution is 7.86. The van der Waals surface area contributed by atoms with Crippen LogP contribution in [0.25, 0.3) is 10.4 Å². The molecule has 3 aromatic rings. The van der Waals surface area contributed by atoms with Crippen LogP contribution in [-0.4, -0.2) is 22.2 Å². The zero-order valence-corrected chi connectivity index (χ0v) is 21.2. The van der Waals surface area contributed by atoms with E-state index in [4.69, 9.17) is 16.3 Å². The number of nitrogens with one attached hydrogen (secondary N) is 2. The van der Waals surface area contributed by atoms with Crippen LogP contribution in [0.1, 0.15) is 37.8 Å². The van der Waals surface area contributed by atoms with E-state index in [1.165, 1.54) is 43.4 Å². The van der Waals surface area contributed by atoms with Gasteiger partial charge in [-0.25, -0.2) is 13.6 Å². The van der Waals surface area contributed by atoms with Crippen molar-refractivity contribution >= 4 is 50.6 Å². The Bertz CT molecular complexity index is 1230. The number of carbonyl (C=O) groups excluding carboxylic acids is 1. The van der Waals surface area contributed by atoms with E-state index in [1.54, 1.807) is 12.1 Å². The van der Waals surface area contributed by atoms with Gasteiger partial charge in [-0.3, -0.25) is 9.52 Å². The number of anilines is 2. The molecule has 2 aromatic carbocycles. The van der Waals surface area contributed by atoms with Gasteiger partial charge in [0.15, 0.2) is 16.1 Å². The number of hydrogen-bond acceptors (Lipinski definition) is 5. The number of methoxy groups -OCH3 is 1. The first-order chi connectivity index (χ1) is 16.3. The summed E-state index contributed by atoms with van der Waals surface area (Å²) >= 11 is 7.45. The monoisotopic (exact) mass is 521 g/mol. The van der Waals surface area contributed by atoms with E-state index in [1.807, 2.05) is 13.0 Å². The maximum Gasteiger partial charge on any atom is 0.226 e. The third-order valence-electron chi connectivity index (χ3n) is 5.75. The Hall–Kier alpha value is -2.49. The normalized spacial score (nSPS) is 14.7. The number of hydrogen-bond donors (Lipinski definition) is 2. The molecular formula is C24H25ClFN3O3S2. The molecule has 0 aliphatic heterocycles. The fourth-order valence-corrected chi connectivity index (χ4v) is 6.36. The van der Waals surface area contributed by atoms with Crippen molar-refractivity contribution in [3.63, 3.8) is 0 Å². The summed E-state index contributed by atoms with van der Waals surface area (Å²) in [4.78, 5) is 18.2. The molecule has 1 saturated carbocycles. The Labute approximate surface area is 209 Å². The maximum atomic E-state index is 13.3. The SMILES string of the molecule is COc1ccc(-c2sc(NC(=O)CC3CCCC3)nc2C)cc1S(=O)Nc1ccc(F)cc1Cl. The molecule has 6 nitrogen and oxygen atoms in total. The van der Waals surface area contributed by atoms with Gasteiger partial charge in [0.2, 0.25) is 5.91 Å². The first kappa shape index (κ1) is 24.6. The smallest absolute Gasteiger partial charge is 0.226 e. The molecule has 0 spiro atoms. The third-order valence-corrected chi connectivity index (χ3v) is 8.31. The van der Waals surface area contributed by atoms with Gasteiger partial charge in [-0.1, -0.05) is 35.8 Å². The lowest BCUT2D eigenvalue weighted by molar-refractivity contribution is -0.117. The maximum absolute atomic E-state index is 13.3. The summed E-state index contributed by atoms with van der Waals surface area (Å²) in [5, 5.41) is 3.60.